The molecular weight excluding hydrogens is 318 g/mol. The van der Waals surface area contributed by atoms with Crippen molar-refractivity contribution in [3.8, 4) is 0 Å². The number of carbonyl (C=O) groups is 1. The van der Waals surface area contributed by atoms with Gasteiger partial charge in [-0.3, -0.25) is 4.79 Å². The SMILES string of the molecule is C=CCC1(c2ccccc2)C(=O)N(Cc2ccccc2)c2ccccc21. The second-order valence-electron chi connectivity index (χ2n) is 6.66. The lowest BCUT2D eigenvalue weighted by Gasteiger charge is -2.28. The molecule has 4 rings (SSSR count). The first kappa shape index (κ1) is 16.3. The van der Waals surface area contributed by atoms with E-state index in [9.17, 15) is 4.79 Å². The molecule has 1 unspecified atom stereocenters. The average molecular weight is 339 g/mol. The van der Waals surface area contributed by atoms with E-state index in [0.29, 0.717) is 13.0 Å². The Kier molecular flexibility index (Phi) is 4.18. The van der Waals surface area contributed by atoms with Crippen LogP contribution in [0.25, 0.3) is 0 Å². The van der Waals surface area contributed by atoms with Crippen LogP contribution in [0.2, 0.25) is 0 Å². The fraction of sp³-hybridized carbons (Fsp3) is 0.125. The summed E-state index contributed by atoms with van der Waals surface area (Å²) < 4.78 is 0. The van der Waals surface area contributed by atoms with Crippen LogP contribution in [0.3, 0.4) is 0 Å². The van der Waals surface area contributed by atoms with Crippen LogP contribution in [-0.4, -0.2) is 5.91 Å². The molecule has 0 saturated carbocycles. The molecule has 2 heteroatoms. The van der Waals surface area contributed by atoms with Crippen molar-refractivity contribution in [2.45, 2.75) is 18.4 Å². The van der Waals surface area contributed by atoms with Gasteiger partial charge in [-0.1, -0.05) is 84.9 Å². The molecule has 1 aliphatic heterocycles. The van der Waals surface area contributed by atoms with Crippen LogP contribution in [0.1, 0.15) is 23.1 Å². The smallest absolute Gasteiger partial charge is 0.242 e. The Bertz CT molecular complexity index is 933. The number of fused-ring (bicyclic) bond motifs is 1. The van der Waals surface area contributed by atoms with Crippen molar-refractivity contribution in [1.29, 1.82) is 0 Å². The fourth-order valence-electron chi connectivity index (χ4n) is 3.98. The topological polar surface area (TPSA) is 20.3 Å². The number of rotatable bonds is 5. The Labute approximate surface area is 154 Å². The van der Waals surface area contributed by atoms with E-state index in [4.69, 9.17) is 0 Å². The first-order valence-corrected chi connectivity index (χ1v) is 8.89. The summed E-state index contributed by atoms with van der Waals surface area (Å²) in [5.41, 5.74) is 3.50. The number of hydrogen-bond acceptors (Lipinski definition) is 1. The molecular formula is C24H21NO. The minimum absolute atomic E-state index is 0.119. The zero-order chi connectivity index (χ0) is 18.0. The molecule has 0 spiro atoms. The first-order chi connectivity index (χ1) is 12.8. The van der Waals surface area contributed by atoms with E-state index in [1.165, 1.54) is 0 Å². The normalized spacial score (nSPS) is 18.6. The minimum atomic E-state index is -0.700. The zero-order valence-electron chi connectivity index (χ0n) is 14.6. The Morgan fingerprint density at radius 1 is 0.846 bits per heavy atom. The quantitative estimate of drug-likeness (QED) is 0.593. The van der Waals surface area contributed by atoms with Gasteiger partial charge in [-0.05, 0) is 29.2 Å². The molecule has 26 heavy (non-hydrogen) atoms. The third-order valence-corrected chi connectivity index (χ3v) is 5.17. The fourth-order valence-corrected chi connectivity index (χ4v) is 3.98. The van der Waals surface area contributed by atoms with Gasteiger partial charge in [0, 0.05) is 5.69 Å². The summed E-state index contributed by atoms with van der Waals surface area (Å²) in [6.07, 6.45) is 2.44. The van der Waals surface area contributed by atoms with Crippen molar-refractivity contribution in [2.24, 2.45) is 0 Å². The van der Waals surface area contributed by atoms with Crippen LogP contribution < -0.4 is 4.90 Å². The summed E-state index contributed by atoms with van der Waals surface area (Å²) in [6, 6.07) is 28.3. The van der Waals surface area contributed by atoms with E-state index in [-0.39, 0.29) is 5.91 Å². The molecule has 0 saturated heterocycles. The second-order valence-corrected chi connectivity index (χ2v) is 6.66. The lowest BCUT2D eigenvalue weighted by Crippen LogP contribution is -2.40. The Morgan fingerprint density at radius 3 is 2.15 bits per heavy atom. The van der Waals surface area contributed by atoms with E-state index in [2.05, 4.69) is 24.8 Å². The van der Waals surface area contributed by atoms with Crippen LogP contribution in [0.4, 0.5) is 5.69 Å². The number of benzene rings is 3. The lowest BCUT2D eigenvalue weighted by atomic mass is 9.73. The second kappa shape index (κ2) is 6.64. The highest BCUT2D eigenvalue weighted by Crippen LogP contribution is 2.48. The lowest BCUT2D eigenvalue weighted by molar-refractivity contribution is -0.121. The van der Waals surface area contributed by atoms with Gasteiger partial charge in [0.2, 0.25) is 5.91 Å². The Balaban J connectivity index is 1.88. The minimum Gasteiger partial charge on any atom is -0.307 e. The molecule has 1 heterocycles. The zero-order valence-corrected chi connectivity index (χ0v) is 14.6. The Hall–Kier alpha value is -3.13. The molecule has 3 aromatic carbocycles. The van der Waals surface area contributed by atoms with Gasteiger partial charge >= 0.3 is 0 Å². The predicted molar refractivity (Wildman–Crippen MR) is 106 cm³/mol. The molecule has 0 aliphatic carbocycles. The monoisotopic (exact) mass is 339 g/mol. The summed E-state index contributed by atoms with van der Waals surface area (Å²) in [6.45, 7) is 4.51. The Morgan fingerprint density at radius 2 is 1.46 bits per heavy atom. The van der Waals surface area contributed by atoms with Crippen LogP contribution in [0.5, 0.6) is 0 Å². The molecule has 3 aromatic rings. The van der Waals surface area contributed by atoms with E-state index in [1.807, 2.05) is 77.7 Å². The maximum atomic E-state index is 13.8. The van der Waals surface area contributed by atoms with Gasteiger partial charge < -0.3 is 4.90 Å². The molecule has 128 valence electrons. The highest BCUT2D eigenvalue weighted by Gasteiger charge is 2.50. The standard InChI is InChI=1S/C24H21NO/c1-2-17-24(20-13-7-4-8-14-20)21-15-9-10-16-22(21)25(23(24)26)18-19-11-5-3-6-12-19/h2-16H,1,17-18H2. The third kappa shape index (κ3) is 2.46. The maximum Gasteiger partial charge on any atom is 0.242 e. The van der Waals surface area contributed by atoms with Crippen molar-refractivity contribution in [2.75, 3.05) is 4.90 Å². The molecule has 0 fully saturated rings. The number of hydrogen-bond donors (Lipinski definition) is 0. The van der Waals surface area contributed by atoms with Gasteiger partial charge in [-0.15, -0.1) is 6.58 Å². The van der Waals surface area contributed by atoms with Gasteiger partial charge in [-0.2, -0.15) is 0 Å². The summed E-state index contributed by atoms with van der Waals surface area (Å²) in [7, 11) is 0. The number of nitrogens with zero attached hydrogens (tertiary/aromatic N) is 1. The van der Waals surface area contributed by atoms with Crippen molar-refractivity contribution in [3.63, 3.8) is 0 Å². The molecule has 1 amide bonds. The van der Waals surface area contributed by atoms with Crippen molar-refractivity contribution in [3.05, 3.63) is 114 Å². The molecule has 1 aliphatic rings. The molecule has 0 radical (unpaired) electrons. The summed E-state index contributed by atoms with van der Waals surface area (Å²) >= 11 is 0. The summed E-state index contributed by atoms with van der Waals surface area (Å²) in [4.78, 5) is 15.7. The number of allylic oxidation sites excluding steroid dienone is 1. The highest BCUT2D eigenvalue weighted by atomic mass is 16.2. The average Bonchev–Trinajstić information content (AvgIpc) is 2.93. The van der Waals surface area contributed by atoms with Crippen LogP contribution in [0.15, 0.2) is 97.6 Å². The van der Waals surface area contributed by atoms with E-state index >= 15 is 0 Å². The maximum absolute atomic E-state index is 13.8. The van der Waals surface area contributed by atoms with E-state index < -0.39 is 5.41 Å². The highest BCUT2D eigenvalue weighted by molar-refractivity contribution is 6.10. The van der Waals surface area contributed by atoms with Gasteiger partial charge in [0.05, 0.1) is 6.54 Å². The number of amides is 1. The van der Waals surface area contributed by atoms with Gasteiger partial charge in [0.25, 0.3) is 0 Å². The molecule has 0 N–H and O–H groups in total. The predicted octanol–water partition coefficient (Wildman–Crippen LogP) is 5.10. The first-order valence-electron chi connectivity index (χ1n) is 8.89. The van der Waals surface area contributed by atoms with Crippen molar-refractivity contribution >= 4 is 11.6 Å². The van der Waals surface area contributed by atoms with Gasteiger partial charge in [0.15, 0.2) is 0 Å². The van der Waals surface area contributed by atoms with Crippen LogP contribution >= 0.6 is 0 Å². The largest absolute Gasteiger partial charge is 0.307 e. The number of carbonyl (C=O) groups excluding carboxylic acids is 1. The van der Waals surface area contributed by atoms with Crippen molar-refractivity contribution in [1.82, 2.24) is 0 Å². The molecule has 0 aromatic heterocycles. The number of para-hydroxylation sites is 1. The molecule has 2 nitrogen and oxygen atoms in total. The van der Waals surface area contributed by atoms with Gasteiger partial charge in [-0.25, -0.2) is 0 Å². The third-order valence-electron chi connectivity index (χ3n) is 5.17. The number of anilines is 1. The molecule has 0 bridgehead atoms. The van der Waals surface area contributed by atoms with Crippen LogP contribution in [0, 0.1) is 0 Å². The van der Waals surface area contributed by atoms with E-state index in [1.54, 1.807) is 0 Å². The summed E-state index contributed by atoms with van der Waals surface area (Å²) in [5.74, 6) is 0.119. The van der Waals surface area contributed by atoms with Crippen molar-refractivity contribution < 1.29 is 4.79 Å². The van der Waals surface area contributed by atoms with Gasteiger partial charge in [0.1, 0.15) is 5.41 Å². The van der Waals surface area contributed by atoms with Crippen LogP contribution in [-0.2, 0) is 16.8 Å². The summed E-state index contributed by atoms with van der Waals surface area (Å²) in [5, 5.41) is 0. The molecule has 1 atom stereocenters. The van der Waals surface area contributed by atoms with E-state index in [0.717, 1.165) is 22.4 Å².